The van der Waals surface area contributed by atoms with Gasteiger partial charge in [-0.3, -0.25) is 5.32 Å². The van der Waals surface area contributed by atoms with E-state index in [2.05, 4.69) is 30.7 Å². The van der Waals surface area contributed by atoms with Gasteiger partial charge in [-0.05, 0) is 44.9 Å². The molecular formula is C23H27N7O4. The van der Waals surface area contributed by atoms with Crippen molar-refractivity contribution in [3.63, 3.8) is 0 Å². The number of rotatable bonds is 6. The summed E-state index contributed by atoms with van der Waals surface area (Å²) in [5.74, 6) is 0.485. The zero-order chi connectivity index (χ0) is 24.1. The molecule has 1 saturated heterocycles. The Morgan fingerprint density at radius 3 is 2.59 bits per heavy atom. The van der Waals surface area contributed by atoms with E-state index in [4.69, 9.17) is 9.47 Å². The van der Waals surface area contributed by atoms with Crippen molar-refractivity contribution in [1.82, 2.24) is 25.2 Å². The molecule has 11 nitrogen and oxygen atoms in total. The van der Waals surface area contributed by atoms with Gasteiger partial charge in [0.05, 0.1) is 12.2 Å². The monoisotopic (exact) mass is 465 g/mol. The lowest BCUT2D eigenvalue weighted by molar-refractivity contribution is 0.00626. The first-order valence-corrected chi connectivity index (χ1v) is 11.0. The topological polar surface area (TPSA) is 124 Å². The van der Waals surface area contributed by atoms with Crippen LogP contribution >= 0.6 is 0 Å². The molecule has 0 radical (unpaired) electrons. The van der Waals surface area contributed by atoms with Gasteiger partial charge >= 0.3 is 12.1 Å². The second-order valence-corrected chi connectivity index (χ2v) is 8.94. The number of aromatic nitrogens is 5. The third kappa shape index (κ3) is 6.06. The zero-order valence-corrected chi connectivity index (χ0v) is 19.3. The fourth-order valence-electron chi connectivity index (χ4n) is 3.47. The minimum Gasteiger partial charge on any atom is -0.455 e. The summed E-state index contributed by atoms with van der Waals surface area (Å²) in [4.78, 5) is 26.2. The molecule has 1 atom stereocenters. The summed E-state index contributed by atoms with van der Waals surface area (Å²) in [7, 11) is 0. The van der Waals surface area contributed by atoms with Crippen molar-refractivity contribution in [2.75, 3.05) is 23.3 Å². The molecule has 4 rings (SSSR count). The lowest BCUT2D eigenvalue weighted by Crippen LogP contribution is -2.24. The number of hydrogen-bond acceptors (Lipinski definition) is 9. The van der Waals surface area contributed by atoms with Crippen molar-refractivity contribution < 1.29 is 19.1 Å². The van der Waals surface area contributed by atoms with E-state index < -0.39 is 17.7 Å². The largest absolute Gasteiger partial charge is 0.455 e. The van der Waals surface area contributed by atoms with Crippen LogP contribution in [0, 0.1) is 0 Å². The van der Waals surface area contributed by atoms with Gasteiger partial charge < -0.3 is 14.4 Å². The molecule has 178 valence electrons. The molecule has 1 aliphatic rings. The van der Waals surface area contributed by atoms with Crippen molar-refractivity contribution >= 4 is 23.7 Å². The molecular weight excluding hydrogens is 438 g/mol. The average molecular weight is 466 g/mol. The van der Waals surface area contributed by atoms with Crippen LogP contribution in [0.15, 0.2) is 48.7 Å². The Kier molecular flexibility index (Phi) is 6.71. The number of ether oxygens (including phenoxy) is 2. The molecule has 1 amide bonds. The molecule has 0 bridgehead atoms. The van der Waals surface area contributed by atoms with Crippen LogP contribution < -0.4 is 10.2 Å². The first-order valence-electron chi connectivity index (χ1n) is 11.0. The lowest BCUT2D eigenvalue weighted by atomic mass is 10.2. The van der Waals surface area contributed by atoms with Gasteiger partial charge in [-0.25, -0.2) is 14.3 Å². The van der Waals surface area contributed by atoms with E-state index in [0.717, 1.165) is 18.5 Å². The fraction of sp³-hybridized carbons (Fsp3) is 0.391. The number of nitrogens with zero attached hydrogens (tertiary/aromatic N) is 6. The van der Waals surface area contributed by atoms with Crippen LogP contribution in [-0.4, -0.2) is 55.9 Å². The molecule has 34 heavy (non-hydrogen) atoms. The number of nitrogens with one attached hydrogen (secondary N) is 1. The Morgan fingerprint density at radius 2 is 1.88 bits per heavy atom. The summed E-state index contributed by atoms with van der Waals surface area (Å²) in [6.45, 7) is 6.97. The number of hydrogen-bond donors (Lipinski definition) is 1. The molecule has 3 aromatic rings. The van der Waals surface area contributed by atoms with E-state index in [1.165, 1.54) is 0 Å². The van der Waals surface area contributed by atoms with E-state index in [9.17, 15) is 9.59 Å². The van der Waals surface area contributed by atoms with Gasteiger partial charge in [0.25, 0.3) is 0 Å². The molecule has 0 spiro atoms. The highest BCUT2D eigenvalue weighted by Crippen LogP contribution is 2.25. The normalized spacial score (nSPS) is 15.7. The van der Waals surface area contributed by atoms with Crippen LogP contribution in [0.1, 0.15) is 49.3 Å². The molecule has 11 heteroatoms. The molecule has 1 aliphatic heterocycles. The maximum atomic E-state index is 12.2. The third-order valence-corrected chi connectivity index (χ3v) is 5.07. The van der Waals surface area contributed by atoms with Crippen molar-refractivity contribution in [2.24, 2.45) is 0 Å². The smallest absolute Gasteiger partial charge is 0.413 e. The lowest BCUT2D eigenvalue weighted by Gasteiger charge is -2.18. The van der Waals surface area contributed by atoms with Crippen LogP contribution in [0.25, 0.3) is 0 Å². The number of carbonyl (C=O) groups excluding carboxylic acids is 2. The summed E-state index contributed by atoms with van der Waals surface area (Å²) >= 11 is 0. The Morgan fingerprint density at radius 1 is 1.09 bits per heavy atom. The maximum Gasteiger partial charge on any atom is 0.413 e. The Hall–Kier alpha value is -4.02. The van der Waals surface area contributed by atoms with Crippen LogP contribution in [-0.2, 0) is 16.1 Å². The van der Waals surface area contributed by atoms with Gasteiger partial charge in [-0.2, -0.15) is 0 Å². The van der Waals surface area contributed by atoms with Crippen LogP contribution in [0.4, 0.5) is 16.4 Å². The van der Waals surface area contributed by atoms with E-state index in [1.54, 1.807) is 43.8 Å². The van der Waals surface area contributed by atoms with Crippen molar-refractivity contribution in [1.29, 1.82) is 0 Å². The van der Waals surface area contributed by atoms with Gasteiger partial charge in [0.15, 0.2) is 17.3 Å². The Bertz CT molecular complexity index is 1130. The SMILES string of the molecule is CC(C)(C)OC(=O)c1cn(C2CCN(c3ccc(NC(=O)OCc4ccccc4)nn3)C2)nn1. The molecule has 3 heterocycles. The molecule has 2 aromatic heterocycles. The van der Waals surface area contributed by atoms with Crippen molar-refractivity contribution in [3.05, 3.63) is 59.9 Å². The summed E-state index contributed by atoms with van der Waals surface area (Å²) in [6.07, 6.45) is 1.83. The molecule has 0 aliphatic carbocycles. The van der Waals surface area contributed by atoms with Gasteiger partial charge in [0.1, 0.15) is 12.2 Å². The highest BCUT2D eigenvalue weighted by Gasteiger charge is 2.28. The summed E-state index contributed by atoms with van der Waals surface area (Å²) in [5, 5.41) is 18.9. The number of anilines is 2. The number of amides is 1. The predicted molar refractivity (Wildman–Crippen MR) is 123 cm³/mol. The highest BCUT2D eigenvalue weighted by molar-refractivity contribution is 5.87. The van der Waals surface area contributed by atoms with E-state index in [1.807, 2.05) is 30.3 Å². The first-order chi connectivity index (χ1) is 16.3. The van der Waals surface area contributed by atoms with E-state index >= 15 is 0 Å². The fourth-order valence-corrected chi connectivity index (χ4v) is 3.47. The summed E-state index contributed by atoms with van der Waals surface area (Å²) in [6, 6.07) is 12.9. The van der Waals surface area contributed by atoms with Crippen molar-refractivity contribution in [3.8, 4) is 0 Å². The standard InChI is InChI=1S/C23H27N7O4/c1-23(2,3)34-21(31)18-14-30(28-25-18)17-11-12-29(13-17)20-10-9-19(26-27-20)24-22(32)33-15-16-7-5-4-6-8-16/h4-10,14,17H,11-13,15H2,1-3H3,(H,24,26,32). The number of benzene rings is 1. The first kappa shape index (κ1) is 23.1. The third-order valence-electron chi connectivity index (χ3n) is 5.07. The average Bonchev–Trinajstić information content (AvgIpc) is 3.48. The summed E-state index contributed by atoms with van der Waals surface area (Å²) in [5.41, 5.74) is 0.486. The molecule has 1 aromatic carbocycles. The minimum absolute atomic E-state index is 0.0382. The second-order valence-electron chi connectivity index (χ2n) is 8.94. The van der Waals surface area contributed by atoms with Gasteiger partial charge in [0, 0.05) is 13.1 Å². The number of carbonyl (C=O) groups is 2. The van der Waals surface area contributed by atoms with Gasteiger partial charge in [-0.15, -0.1) is 15.3 Å². The van der Waals surface area contributed by atoms with Crippen LogP contribution in [0.2, 0.25) is 0 Å². The second kappa shape index (κ2) is 9.86. The minimum atomic E-state index is -0.598. The maximum absolute atomic E-state index is 12.2. The zero-order valence-electron chi connectivity index (χ0n) is 19.3. The predicted octanol–water partition coefficient (Wildman–Crippen LogP) is 3.22. The Balaban J connectivity index is 1.29. The molecule has 1 fully saturated rings. The van der Waals surface area contributed by atoms with E-state index in [-0.39, 0.29) is 18.3 Å². The van der Waals surface area contributed by atoms with Crippen LogP contribution in [0.5, 0.6) is 0 Å². The quantitative estimate of drug-likeness (QED) is 0.546. The summed E-state index contributed by atoms with van der Waals surface area (Å²) < 4.78 is 12.2. The molecule has 1 N–H and O–H groups in total. The Labute approximate surface area is 197 Å². The highest BCUT2D eigenvalue weighted by atomic mass is 16.6. The van der Waals surface area contributed by atoms with Crippen molar-refractivity contribution in [2.45, 2.75) is 45.4 Å². The van der Waals surface area contributed by atoms with Gasteiger partial charge in [0.2, 0.25) is 0 Å². The van der Waals surface area contributed by atoms with E-state index in [0.29, 0.717) is 18.2 Å². The molecule has 1 unspecified atom stereocenters. The molecule has 0 saturated carbocycles. The number of esters is 1. The van der Waals surface area contributed by atoms with Crippen LogP contribution in [0.3, 0.4) is 0 Å². The van der Waals surface area contributed by atoms with Gasteiger partial charge in [-0.1, -0.05) is 35.5 Å².